The topological polar surface area (TPSA) is 46.7 Å². The summed E-state index contributed by atoms with van der Waals surface area (Å²) in [5.74, 6) is 0. The normalized spacial score (nSPS) is 26.1. The van der Waals surface area contributed by atoms with E-state index in [9.17, 15) is 8.42 Å². The molecule has 0 amide bonds. The SMILES string of the molecule is C[C@@]1(c2ccc(S(C)(=O)=O)cc2)CO1. The Labute approximate surface area is 83.6 Å². The van der Waals surface area contributed by atoms with E-state index >= 15 is 0 Å². The zero-order valence-corrected chi connectivity index (χ0v) is 8.97. The molecule has 1 aromatic rings. The maximum Gasteiger partial charge on any atom is 0.175 e. The van der Waals surface area contributed by atoms with E-state index in [1.54, 1.807) is 12.1 Å². The molecule has 0 aliphatic carbocycles. The highest BCUT2D eigenvalue weighted by Crippen LogP contribution is 2.37. The van der Waals surface area contributed by atoms with Crippen molar-refractivity contribution in [3.63, 3.8) is 0 Å². The lowest BCUT2D eigenvalue weighted by atomic mass is 10.0. The summed E-state index contributed by atoms with van der Waals surface area (Å²) < 4.78 is 27.6. The summed E-state index contributed by atoms with van der Waals surface area (Å²) in [7, 11) is -3.09. The van der Waals surface area contributed by atoms with E-state index in [1.165, 1.54) is 6.26 Å². The van der Waals surface area contributed by atoms with Crippen molar-refractivity contribution in [1.29, 1.82) is 0 Å². The molecule has 0 bridgehead atoms. The summed E-state index contributed by atoms with van der Waals surface area (Å²) in [5.41, 5.74) is 0.848. The first-order chi connectivity index (χ1) is 6.42. The first-order valence-electron chi connectivity index (χ1n) is 4.36. The van der Waals surface area contributed by atoms with Crippen LogP contribution in [0, 0.1) is 0 Å². The highest BCUT2D eigenvalue weighted by Gasteiger charge is 2.40. The molecule has 1 heterocycles. The summed E-state index contributed by atoms with van der Waals surface area (Å²) in [5, 5.41) is 0. The average molecular weight is 212 g/mol. The maximum atomic E-state index is 11.2. The van der Waals surface area contributed by atoms with Crippen LogP contribution in [0.2, 0.25) is 0 Å². The van der Waals surface area contributed by atoms with Gasteiger partial charge in [-0.15, -0.1) is 0 Å². The van der Waals surface area contributed by atoms with E-state index in [4.69, 9.17) is 4.74 Å². The fourth-order valence-corrected chi connectivity index (χ4v) is 1.96. The van der Waals surface area contributed by atoms with Gasteiger partial charge in [0.2, 0.25) is 0 Å². The van der Waals surface area contributed by atoms with E-state index in [1.807, 2.05) is 19.1 Å². The van der Waals surface area contributed by atoms with Crippen LogP contribution in [0.25, 0.3) is 0 Å². The summed E-state index contributed by atoms with van der Waals surface area (Å²) in [4.78, 5) is 0.352. The van der Waals surface area contributed by atoms with Gasteiger partial charge in [-0.2, -0.15) is 0 Å². The zero-order chi connectivity index (χ0) is 10.4. The molecule has 4 heteroatoms. The molecule has 0 radical (unpaired) electrons. The van der Waals surface area contributed by atoms with E-state index < -0.39 is 9.84 Å². The Morgan fingerprint density at radius 3 is 2.14 bits per heavy atom. The van der Waals surface area contributed by atoms with Crippen molar-refractivity contribution >= 4 is 9.84 Å². The fourth-order valence-electron chi connectivity index (χ4n) is 1.33. The van der Waals surface area contributed by atoms with Gasteiger partial charge in [-0.1, -0.05) is 12.1 Å². The summed E-state index contributed by atoms with van der Waals surface area (Å²) in [6, 6.07) is 6.86. The van der Waals surface area contributed by atoms with Crippen LogP contribution in [0.5, 0.6) is 0 Å². The third-order valence-corrected chi connectivity index (χ3v) is 3.60. The summed E-state index contributed by atoms with van der Waals surface area (Å²) in [6.45, 7) is 2.70. The lowest BCUT2D eigenvalue weighted by molar-refractivity contribution is 0.329. The molecule has 2 rings (SSSR count). The second kappa shape index (κ2) is 2.81. The Kier molecular flexibility index (Phi) is 1.94. The first kappa shape index (κ1) is 9.68. The number of hydrogen-bond donors (Lipinski definition) is 0. The second-order valence-electron chi connectivity index (χ2n) is 3.82. The van der Waals surface area contributed by atoms with Gasteiger partial charge in [0.05, 0.1) is 11.5 Å². The van der Waals surface area contributed by atoms with Crippen molar-refractivity contribution in [1.82, 2.24) is 0 Å². The highest BCUT2D eigenvalue weighted by molar-refractivity contribution is 7.90. The highest BCUT2D eigenvalue weighted by atomic mass is 32.2. The van der Waals surface area contributed by atoms with Crippen molar-refractivity contribution < 1.29 is 13.2 Å². The molecule has 1 aliphatic rings. The van der Waals surface area contributed by atoms with Crippen LogP contribution >= 0.6 is 0 Å². The van der Waals surface area contributed by atoms with Gasteiger partial charge < -0.3 is 4.74 Å². The lowest BCUT2D eigenvalue weighted by Gasteiger charge is -2.05. The Bertz CT molecular complexity index is 441. The standard InChI is InChI=1S/C10H12O3S/c1-10(7-13-10)8-3-5-9(6-4-8)14(2,11)12/h3-6H,7H2,1-2H3/t10-/m0/s1. The summed E-state index contributed by atoms with van der Waals surface area (Å²) >= 11 is 0. The molecule has 0 aromatic heterocycles. The monoisotopic (exact) mass is 212 g/mol. The fraction of sp³-hybridized carbons (Fsp3) is 0.400. The van der Waals surface area contributed by atoms with Crippen molar-refractivity contribution in [2.45, 2.75) is 17.4 Å². The zero-order valence-electron chi connectivity index (χ0n) is 8.15. The third-order valence-electron chi connectivity index (χ3n) is 2.47. The quantitative estimate of drug-likeness (QED) is 0.695. The Morgan fingerprint density at radius 2 is 1.79 bits per heavy atom. The molecule has 1 aromatic carbocycles. The molecule has 76 valence electrons. The van der Waals surface area contributed by atoms with Gasteiger partial charge >= 0.3 is 0 Å². The van der Waals surface area contributed by atoms with Crippen LogP contribution in [-0.4, -0.2) is 21.3 Å². The summed E-state index contributed by atoms with van der Waals surface area (Å²) in [6.07, 6.45) is 1.21. The molecule has 1 fully saturated rings. The minimum atomic E-state index is -3.09. The van der Waals surface area contributed by atoms with E-state index in [0.717, 1.165) is 5.56 Å². The molecule has 0 saturated carbocycles. The average Bonchev–Trinajstić information content (AvgIpc) is 2.84. The van der Waals surface area contributed by atoms with Crippen LogP contribution in [0.15, 0.2) is 29.2 Å². The molecule has 1 saturated heterocycles. The molecular weight excluding hydrogens is 200 g/mol. The number of benzene rings is 1. The van der Waals surface area contributed by atoms with Gasteiger partial charge in [0.1, 0.15) is 5.60 Å². The van der Waals surface area contributed by atoms with Crippen molar-refractivity contribution in [3.8, 4) is 0 Å². The largest absolute Gasteiger partial charge is 0.365 e. The molecule has 14 heavy (non-hydrogen) atoms. The number of epoxide rings is 1. The van der Waals surface area contributed by atoms with Crippen molar-refractivity contribution in [3.05, 3.63) is 29.8 Å². The number of hydrogen-bond acceptors (Lipinski definition) is 3. The molecule has 1 atom stereocenters. The van der Waals surface area contributed by atoms with Crippen molar-refractivity contribution in [2.75, 3.05) is 12.9 Å². The Hall–Kier alpha value is -0.870. The molecule has 0 unspecified atom stereocenters. The van der Waals surface area contributed by atoms with Crippen LogP contribution in [0.3, 0.4) is 0 Å². The van der Waals surface area contributed by atoms with Gasteiger partial charge in [-0.05, 0) is 24.6 Å². The van der Waals surface area contributed by atoms with Gasteiger partial charge in [0.15, 0.2) is 9.84 Å². The van der Waals surface area contributed by atoms with Gasteiger partial charge in [0, 0.05) is 6.26 Å². The van der Waals surface area contributed by atoms with Gasteiger partial charge in [0.25, 0.3) is 0 Å². The number of rotatable bonds is 2. The molecule has 0 N–H and O–H groups in total. The third kappa shape index (κ3) is 1.67. The predicted molar refractivity (Wildman–Crippen MR) is 52.9 cm³/mol. The van der Waals surface area contributed by atoms with Crippen LogP contribution in [-0.2, 0) is 20.2 Å². The van der Waals surface area contributed by atoms with E-state index in [2.05, 4.69) is 0 Å². The number of ether oxygens (including phenoxy) is 1. The minimum Gasteiger partial charge on any atom is -0.365 e. The predicted octanol–water partition coefficient (Wildman–Crippen LogP) is 1.34. The second-order valence-corrected chi connectivity index (χ2v) is 5.83. The maximum absolute atomic E-state index is 11.2. The molecule has 1 aliphatic heterocycles. The minimum absolute atomic E-state index is 0.184. The molecule has 3 nitrogen and oxygen atoms in total. The lowest BCUT2D eigenvalue weighted by Crippen LogP contribution is -2.03. The van der Waals surface area contributed by atoms with Crippen LogP contribution in [0.4, 0.5) is 0 Å². The van der Waals surface area contributed by atoms with Gasteiger partial charge in [-0.3, -0.25) is 0 Å². The van der Waals surface area contributed by atoms with Gasteiger partial charge in [-0.25, -0.2) is 8.42 Å². The van der Waals surface area contributed by atoms with E-state index in [-0.39, 0.29) is 5.60 Å². The van der Waals surface area contributed by atoms with Crippen molar-refractivity contribution in [2.24, 2.45) is 0 Å². The Balaban J connectivity index is 2.36. The van der Waals surface area contributed by atoms with E-state index in [0.29, 0.717) is 11.5 Å². The van der Waals surface area contributed by atoms with Crippen LogP contribution in [0.1, 0.15) is 12.5 Å². The smallest absolute Gasteiger partial charge is 0.175 e. The number of sulfone groups is 1. The molecular formula is C10H12O3S. The van der Waals surface area contributed by atoms with Crippen LogP contribution < -0.4 is 0 Å². The molecule has 0 spiro atoms. The first-order valence-corrected chi connectivity index (χ1v) is 6.25. The Morgan fingerprint density at radius 1 is 1.29 bits per heavy atom.